The molecule has 0 saturated carbocycles. The molecule has 0 saturated heterocycles. The summed E-state index contributed by atoms with van der Waals surface area (Å²) in [7, 11) is 0. The zero-order valence-corrected chi connectivity index (χ0v) is 54.4. The predicted molar refractivity (Wildman–Crippen MR) is 394 cm³/mol. The van der Waals surface area contributed by atoms with Gasteiger partial charge in [-0.2, -0.15) is 0 Å². The molecule has 4 nitrogen and oxygen atoms in total. The van der Waals surface area contributed by atoms with Crippen molar-refractivity contribution in [3.05, 3.63) is 259 Å². The molecule has 2 aliphatic heterocycles. The third kappa shape index (κ3) is 8.49. The van der Waals surface area contributed by atoms with E-state index in [4.69, 9.17) is 0 Å². The molecular weight excluding hydrogens is 1100 g/mol. The average Bonchev–Trinajstić information content (AvgIpc) is 1.51. The molecule has 0 spiro atoms. The Morgan fingerprint density at radius 3 is 0.846 bits per heavy atom. The first-order valence-corrected chi connectivity index (χ1v) is 32.7. The Morgan fingerprint density at radius 1 is 0.253 bits per heavy atom. The van der Waals surface area contributed by atoms with E-state index < -0.39 is 0 Å². The summed E-state index contributed by atoms with van der Waals surface area (Å²) in [6.07, 6.45) is 0. The molecule has 15 aromatic rings. The van der Waals surface area contributed by atoms with Crippen LogP contribution < -0.4 is 26.2 Å². The topological polar surface area (TPSA) is 16.3 Å². The fourth-order valence-electron chi connectivity index (χ4n) is 15.4. The van der Waals surface area contributed by atoms with Crippen molar-refractivity contribution in [2.24, 2.45) is 0 Å². The number of benzene rings is 13. The van der Waals surface area contributed by atoms with Gasteiger partial charge in [0.25, 0.3) is 6.71 Å². The molecule has 13 aromatic carbocycles. The van der Waals surface area contributed by atoms with Crippen molar-refractivity contribution in [1.29, 1.82) is 0 Å². The van der Waals surface area contributed by atoms with Gasteiger partial charge >= 0.3 is 0 Å². The van der Waals surface area contributed by atoms with E-state index in [-0.39, 0.29) is 28.4 Å². The van der Waals surface area contributed by atoms with E-state index >= 15 is 0 Å². The van der Waals surface area contributed by atoms with Gasteiger partial charge in [0, 0.05) is 44.3 Å². The molecule has 0 amide bonds. The number of rotatable bonds is 4. The summed E-state index contributed by atoms with van der Waals surface area (Å²) in [5, 5.41) is 14.7. The number of nitrogens with zero attached hydrogens (tertiary/aromatic N) is 4. The largest absolute Gasteiger partial charge is 0.309 e. The van der Waals surface area contributed by atoms with Crippen LogP contribution in [0.15, 0.2) is 237 Å². The molecule has 0 fully saturated rings. The summed E-state index contributed by atoms with van der Waals surface area (Å²) in [4.78, 5) is 5.35. The maximum atomic E-state index is 2.68. The summed E-state index contributed by atoms with van der Waals surface area (Å²) in [6, 6.07) is 92.1. The summed E-state index contributed by atoms with van der Waals surface area (Å²) in [5.41, 5.74) is 22.6. The highest BCUT2D eigenvalue weighted by Crippen LogP contribution is 2.53. The second-order valence-corrected chi connectivity index (χ2v) is 30.3. The van der Waals surface area contributed by atoms with Crippen molar-refractivity contribution in [1.82, 2.24) is 9.13 Å². The van der Waals surface area contributed by atoms with Gasteiger partial charge in [0.2, 0.25) is 0 Å². The minimum absolute atomic E-state index is 0.0815. The van der Waals surface area contributed by atoms with Crippen molar-refractivity contribution >= 4 is 144 Å². The van der Waals surface area contributed by atoms with Crippen molar-refractivity contribution in [3.8, 4) is 11.4 Å². The molecule has 0 radical (unpaired) electrons. The highest BCUT2D eigenvalue weighted by Gasteiger charge is 2.47. The molecular formula is C86H75BN4. The van der Waals surface area contributed by atoms with Crippen LogP contribution in [0, 0.1) is 0 Å². The Balaban J connectivity index is 1.14. The van der Waals surface area contributed by atoms with Gasteiger partial charge in [0.1, 0.15) is 0 Å². The lowest BCUT2D eigenvalue weighted by atomic mass is 9.33. The maximum Gasteiger partial charge on any atom is 0.252 e. The number of hydrogen-bond acceptors (Lipinski definition) is 2. The van der Waals surface area contributed by atoms with Gasteiger partial charge in [-0.1, -0.05) is 229 Å². The smallest absolute Gasteiger partial charge is 0.252 e. The fraction of sp³-hybridized carbons (Fsp3) is 0.186. The molecule has 2 aromatic heterocycles. The van der Waals surface area contributed by atoms with Gasteiger partial charge in [0.15, 0.2) is 0 Å². The first kappa shape index (κ1) is 55.2. The van der Waals surface area contributed by atoms with Gasteiger partial charge in [-0.3, -0.25) is 0 Å². The first-order chi connectivity index (χ1) is 43.6. The standard InChI is InChI=1S/C86H75BN4/c1-83(2,3)60-31-37-72-66(47-60)67-48-61(84(4,5)6)32-38-73(67)90(72)78-51-79(91-74-39-33-62(85(7,8)9)49-68(74)69-50-63(86(10,11)12)34-40-75(69)91)82-80-81(78)88(64-35-29-52-21-13-15-23-54(52)41-64)76-45-58-27-19-17-25-56(58)43-70(76)87(80)71-44-57-26-18-20-28-59(57)46-77(71)89(82)65-36-30-53-22-14-16-24-55(53)42-65/h13-51H,1-12H3. The van der Waals surface area contributed by atoms with Crippen LogP contribution in [-0.2, 0) is 21.7 Å². The Labute approximate surface area is 534 Å². The van der Waals surface area contributed by atoms with Crippen molar-refractivity contribution in [3.63, 3.8) is 0 Å². The zero-order valence-electron chi connectivity index (χ0n) is 54.4. The molecule has 0 aliphatic carbocycles. The normalized spacial score (nSPS) is 13.6. The molecule has 5 heteroatoms. The molecule has 0 N–H and O–H groups in total. The third-order valence-electron chi connectivity index (χ3n) is 20.4. The SMILES string of the molecule is CC(C)(C)c1ccc2c(c1)c1cc(C(C)(C)C)ccc1n2-c1cc(-n2c3ccc(C(C)(C)C)cc3c3cc(C(C)(C)C)ccc32)c2c3c1N(c1ccc4ccccc4c1)c1cc4ccccc4cc1B3c1cc3ccccc3cc1N2c1ccc2ccccc2c1. The lowest BCUT2D eigenvalue weighted by molar-refractivity contribution is 0.590. The number of aromatic nitrogens is 2. The van der Waals surface area contributed by atoms with E-state index in [9.17, 15) is 0 Å². The second-order valence-electron chi connectivity index (χ2n) is 30.3. The van der Waals surface area contributed by atoms with Crippen LogP contribution >= 0.6 is 0 Å². The Hall–Kier alpha value is -9.84. The molecule has 91 heavy (non-hydrogen) atoms. The highest BCUT2D eigenvalue weighted by molar-refractivity contribution is 7.00. The highest BCUT2D eigenvalue weighted by atomic mass is 15.2. The lowest BCUT2D eigenvalue weighted by Gasteiger charge is -2.46. The quantitative estimate of drug-likeness (QED) is 0.163. The van der Waals surface area contributed by atoms with Gasteiger partial charge in [-0.05, 0) is 194 Å². The van der Waals surface area contributed by atoms with Crippen LogP contribution in [0.2, 0.25) is 0 Å². The molecule has 442 valence electrons. The third-order valence-corrected chi connectivity index (χ3v) is 20.4. The van der Waals surface area contributed by atoms with Gasteiger partial charge in [0.05, 0.1) is 44.8 Å². The van der Waals surface area contributed by atoms with Crippen LogP contribution in [0.1, 0.15) is 105 Å². The van der Waals surface area contributed by atoms with Crippen LogP contribution in [0.3, 0.4) is 0 Å². The monoisotopic (exact) mass is 1170 g/mol. The second kappa shape index (κ2) is 19.3. The van der Waals surface area contributed by atoms with Crippen LogP contribution in [0.4, 0.5) is 34.1 Å². The van der Waals surface area contributed by atoms with E-state index in [2.05, 4.69) is 339 Å². The number of fused-ring (bicyclic) bond motifs is 14. The zero-order chi connectivity index (χ0) is 62.4. The van der Waals surface area contributed by atoms with Crippen molar-refractivity contribution < 1.29 is 0 Å². The van der Waals surface area contributed by atoms with Crippen LogP contribution in [0.5, 0.6) is 0 Å². The summed E-state index contributed by atoms with van der Waals surface area (Å²) in [5.74, 6) is 0. The average molecular weight is 1180 g/mol. The minimum Gasteiger partial charge on any atom is -0.309 e. The van der Waals surface area contributed by atoms with Crippen molar-refractivity contribution in [2.75, 3.05) is 9.80 Å². The van der Waals surface area contributed by atoms with E-state index in [1.807, 2.05) is 0 Å². The molecule has 4 heterocycles. The molecule has 0 unspecified atom stereocenters. The van der Waals surface area contributed by atoms with Gasteiger partial charge < -0.3 is 18.9 Å². The molecule has 2 aliphatic rings. The summed E-state index contributed by atoms with van der Waals surface area (Å²) in [6.45, 7) is 27.9. The molecule has 0 atom stereocenters. The minimum atomic E-state index is -0.225. The van der Waals surface area contributed by atoms with Gasteiger partial charge in [-0.15, -0.1) is 0 Å². The maximum absolute atomic E-state index is 2.68. The van der Waals surface area contributed by atoms with E-state index in [1.165, 1.54) is 137 Å². The fourth-order valence-corrected chi connectivity index (χ4v) is 15.4. The van der Waals surface area contributed by atoms with Gasteiger partial charge in [-0.25, -0.2) is 0 Å². The molecule has 17 rings (SSSR count). The predicted octanol–water partition coefficient (Wildman–Crippen LogP) is 21.8. The van der Waals surface area contributed by atoms with E-state index in [1.54, 1.807) is 0 Å². The molecule has 0 bridgehead atoms. The number of anilines is 6. The summed E-state index contributed by atoms with van der Waals surface area (Å²) >= 11 is 0. The lowest BCUT2D eigenvalue weighted by Crippen LogP contribution is -2.62. The Kier molecular flexibility index (Phi) is 11.7. The van der Waals surface area contributed by atoms with Crippen LogP contribution in [-0.4, -0.2) is 15.8 Å². The van der Waals surface area contributed by atoms with E-state index in [0.29, 0.717) is 0 Å². The Bertz CT molecular complexity index is 5120. The Morgan fingerprint density at radius 2 is 0.538 bits per heavy atom. The van der Waals surface area contributed by atoms with Crippen LogP contribution in [0.25, 0.3) is 98.1 Å². The number of hydrogen-bond donors (Lipinski definition) is 0. The van der Waals surface area contributed by atoms with Crippen molar-refractivity contribution in [2.45, 2.75) is 105 Å². The van der Waals surface area contributed by atoms with E-state index in [0.717, 1.165) is 34.1 Å². The first-order valence-electron chi connectivity index (χ1n) is 32.7. The summed E-state index contributed by atoms with van der Waals surface area (Å²) < 4.78 is 5.33.